The van der Waals surface area contributed by atoms with Crippen LogP contribution in [0.5, 0.6) is 0 Å². The minimum Gasteiger partial charge on any atom is -0.338 e. The lowest BCUT2D eigenvalue weighted by Crippen LogP contribution is -1.98. The quantitative estimate of drug-likeness (QED) is 0.666. The summed E-state index contributed by atoms with van der Waals surface area (Å²) >= 11 is 3.06. The Labute approximate surface area is 117 Å². The highest BCUT2D eigenvalue weighted by Crippen LogP contribution is 2.24. The summed E-state index contributed by atoms with van der Waals surface area (Å²) in [6, 6.07) is 3.92. The van der Waals surface area contributed by atoms with Crippen molar-refractivity contribution in [3.63, 3.8) is 0 Å². The van der Waals surface area contributed by atoms with Crippen molar-refractivity contribution in [1.29, 1.82) is 0 Å². The first kappa shape index (κ1) is 12.3. The van der Waals surface area contributed by atoms with Crippen LogP contribution in [0.15, 0.2) is 27.2 Å². The molecule has 19 heavy (non-hydrogen) atoms. The second-order valence-corrected chi connectivity index (χ2v) is 5.45. The van der Waals surface area contributed by atoms with Gasteiger partial charge in [0.25, 0.3) is 0 Å². The molecule has 0 aliphatic heterocycles. The van der Waals surface area contributed by atoms with Crippen LogP contribution in [0.25, 0.3) is 10.7 Å². The molecular weight excluding hydrogens is 284 g/mol. The minimum absolute atomic E-state index is 0.554. The molecule has 0 amide bonds. The van der Waals surface area contributed by atoms with Crippen LogP contribution in [-0.4, -0.2) is 30.3 Å². The molecule has 9 heteroatoms. The molecule has 3 rings (SSSR count). The molecule has 0 saturated heterocycles. The van der Waals surface area contributed by atoms with E-state index in [0.717, 1.165) is 16.6 Å². The molecule has 0 atom stereocenters. The number of thiophene rings is 1. The Morgan fingerprint density at radius 1 is 1.47 bits per heavy atom. The van der Waals surface area contributed by atoms with E-state index >= 15 is 0 Å². The largest absolute Gasteiger partial charge is 0.338 e. The Hall–Kier alpha value is -1.74. The van der Waals surface area contributed by atoms with Crippen molar-refractivity contribution in [3.8, 4) is 10.7 Å². The predicted octanol–water partition coefficient (Wildman–Crippen LogP) is 2.10. The zero-order valence-electron chi connectivity index (χ0n) is 10.1. The van der Waals surface area contributed by atoms with Gasteiger partial charge >= 0.3 is 0 Å². The third-order valence-electron chi connectivity index (χ3n) is 2.33. The van der Waals surface area contributed by atoms with Gasteiger partial charge in [0.05, 0.1) is 10.6 Å². The second kappa shape index (κ2) is 5.49. The summed E-state index contributed by atoms with van der Waals surface area (Å²) in [6.07, 6.45) is 0. The normalized spacial score (nSPS) is 11.0. The van der Waals surface area contributed by atoms with Gasteiger partial charge in [-0.2, -0.15) is 4.98 Å². The van der Waals surface area contributed by atoms with Crippen LogP contribution in [0.4, 0.5) is 0 Å². The Balaban J connectivity index is 1.68. The maximum atomic E-state index is 5.21. The number of nitrogens with zero attached hydrogens (tertiary/aromatic N) is 6. The fourth-order valence-corrected chi connectivity index (χ4v) is 2.87. The summed E-state index contributed by atoms with van der Waals surface area (Å²) in [4.78, 5) is 5.34. The molecule has 0 saturated carbocycles. The Morgan fingerprint density at radius 3 is 3.21 bits per heavy atom. The molecule has 3 aromatic heterocycles. The standard InChI is InChI=1S/C10H10N6OS2/c1-2-16-10(12-14-15-16)19-6-8-11-9(13-17-8)7-4-3-5-18-7/h3-5H,2,6H2,1H3. The van der Waals surface area contributed by atoms with Gasteiger partial charge in [0.2, 0.25) is 16.9 Å². The Bertz CT molecular complexity index is 647. The summed E-state index contributed by atoms with van der Waals surface area (Å²) in [5, 5.41) is 18.1. The van der Waals surface area contributed by atoms with Gasteiger partial charge < -0.3 is 4.52 Å². The molecule has 0 bridgehead atoms. The fraction of sp³-hybridized carbons (Fsp3) is 0.300. The molecule has 0 fully saturated rings. The molecule has 0 aliphatic rings. The maximum Gasteiger partial charge on any atom is 0.237 e. The highest BCUT2D eigenvalue weighted by molar-refractivity contribution is 7.98. The number of aryl methyl sites for hydroxylation is 1. The average molecular weight is 294 g/mol. The summed E-state index contributed by atoms with van der Waals surface area (Å²) in [7, 11) is 0. The van der Waals surface area contributed by atoms with Crippen molar-refractivity contribution in [2.75, 3.05) is 0 Å². The molecule has 0 aliphatic carbocycles. The molecule has 3 heterocycles. The second-order valence-electron chi connectivity index (χ2n) is 3.55. The highest BCUT2D eigenvalue weighted by Gasteiger charge is 2.12. The van der Waals surface area contributed by atoms with Crippen LogP contribution >= 0.6 is 23.1 Å². The molecule has 0 spiro atoms. The van der Waals surface area contributed by atoms with Gasteiger partial charge in [-0.15, -0.1) is 16.4 Å². The zero-order chi connectivity index (χ0) is 13.1. The first-order valence-electron chi connectivity index (χ1n) is 5.62. The lowest BCUT2D eigenvalue weighted by Gasteiger charge is -1.97. The number of rotatable bonds is 5. The summed E-state index contributed by atoms with van der Waals surface area (Å²) in [5.41, 5.74) is 0. The van der Waals surface area contributed by atoms with Crippen LogP contribution in [0.1, 0.15) is 12.8 Å². The van der Waals surface area contributed by atoms with Gasteiger partial charge in [-0.1, -0.05) is 23.0 Å². The number of aromatic nitrogens is 6. The van der Waals surface area contributed by atoms with E-state index in [-0.39, 0.29) is 0 Å². The first-order valence-corrected chi connectivity index (χ1v) is 7.48. The van der Waals surface area contributed by atoms with Crippen LogP contribution in [0.3, 0.4) is 0 Å². The van der Waals surface area contributed by atoms with Gasteiger partial charge in [0, 0.05) is 6.54 Å². The third-order valence-corrected chi connectivity index (χ3v) is 4.14. The van der Waals surface area contributed by atoms with Crippen LogP contribution in [0, 0.1) is 0 Å². The van der Waals surface area contributed by atoms with Crippen LogP contribution < -0.4 is 0 Å². The van der Waals surface area contributed by atoms with Gasteiger partial charge in [0.1, 0.15) is 0 Å². The van der Waals surface area contributed by atoms with E-state index in [2.05, 4.69) is 25.7 Å². The van der Waals surface area contributed by atoms with Crippen molar-refractivity contribution in [1.82, 2.24) is 30.3 Å². The van der Waals surface area contributed by atoms with Crippen molar-refractivity contribution in [2.45, 2.75) is 24.4 Å². The van der Waals surface area contributed by atoms with E-state index in [1.807, 2.05) is 24.4 Å². The van der Waals surface area contributed by atoms with Crippen molar-refractivity contribution in [3.05, 3.63) is 23.4 Å². The molecule has 0 unspecified atom stereocenters. The Kier molecular flexibility index (Phi) is 3.56. The lowest BCUT2D eigenvalue weighted by molar-refractivity contribution is 0.391. The number of thioether (sulfide) groups is 1. The summed E-state index contributed by atoms with van der Waals surface area (Å²) < 4.78 is 6.93. The van der Waals surface area contributed by atoms with Gasteiger partial charge in [-0.3, -0.25) is 0 Å². The van der Waals surface area contributed by atoms with Crippen LogP contribution in [0.2, 0.25) is 0 Å². The van der Waals surface area contributed by atoms with Crippen molar-refractivity contribution >= 4 is 23.1 Å². The smallest absolute Gasteiger partial charge is 0.237 e. The van der Waals surface area contributed by atoms with Crippen LogP contribution in [-0.2, 0) is 12.3 Å². The lowest BCUT2D eigenvalue weighted by atomic mass is 10.4. The van der Waals surface area contributed by atoms with E-state index in [1.165, 1.54) is 11.8 Å². The summed E-state index contributed by atoms with van der Waals surface area (Å²) in [6.45, 7) is 2.72. The average Bonchev–Trinajstić information content (AvgIpc) is 3.16. The van der Waals surface area contributed by atoms with Gasteiger partial charge in [0.15, 0.2) is 0 Å². The third kappa shape index (κ3) is 2.66. The summed E-state index contributed by atoms with van der Waals surface area (Å²) in [5.74, 6) is 1.75. The molecule has 3 aromatic rings. The maximum absolute atomic E-state index is 5.21. The van der Waals surface area contributed by atoms with Gasteiger partial charge in [-0.05, 0) is 28.8 Å². The molecule has 0 N–H and O–H groups in total. The molecular formula is C10H10N6OS2. The SMILES string of the molecule is CCn1nnnc1SCc1nc(-c2cccs2)no1. The molecule has 7 nitrogen and oxygen atoms in total. The Morgan fingerprint density at radius 2 is 2.42 bits per heavy atom. The topological polar surface area (TPSA) is 82.5 Å². The number of tetrazole rings is 1. The first-order chi connectivity index (χ1) is 9.36. The molecule has 98 valence electrons. The zero-order valence-corrected chi connectivity index (χ0v) is 11.7. The van der Waals surface area contributed by atoms with Crippen molar-refractivity contribution < 1.29 is 4.52 Å². The number of hydrogen-bond acceptors (Lipinski definition) is 8. The van der Waals surface area contributed by atoms with E-state index in [4.69, 9.17) is 4.52 Å². The fourth-order valence-electron chi connectivity index (χ4n) is 1.44. The van der Waals surface area contributed by atoms with E-state index in [9.17, 15) is 0 Å². The highest BCUT2D eigenvalue weighted by atomic mass is 32.2. The van der Waals surface area contributed by atoms with E-state index in [0.29, 0.717) is 17.5 Å². The van der Waals surface area contributed by atoms with E-state index in [1.54, 1.807) is 16.0 Å². The molecule has 0 radical (unpaired) electrons. The van der Waals surface area contributed by atoms with Gasteiger partial charge in [-0.25, -0.2) is 4.68 Å². The van der Waals surface area contributed by atoms with E-state index < -0.39 is 0 Å². The predicted molar refractivity (Wildman–Crippen MR) is 70.7 cm³/mol. The van der Waals surface area contributed by atoms with Crippen molar-refractivity contribution in [2.24, 2.45) is 0 Å². The number of hydrogen-bond donors (Lipinski definition) is 0. The monoisotopic (exact) mass is 294 g/mol. The minimum atomic E-state index is 0.554. The molecule has 0 aromatic carbocycles.